The smallest absolute Gasteiger partial charge is 0.273 e. The second-order valence-corrected chi connectivity index (χ2v) is 5.41. The molecule has 6 heteroatoms. The van der Waals surface area contributed by atoms with Gasteiger partial charge in [0, 0.05) is 36.2 Å². The lowest BCUT2D eigenvalue weighted by Gasteiger charge is -2.24. The Morgan fingerprint density at radius 1 is 1.43 bits per heavy atom. The minimum absolute atomic E-state index is 0.0514. The van der Waals surface area contributed by atoms with Crippen LogP contribution < -0.4 is 0 Å². The predicted octanol–water partition coefficient (Wildman–Crippen LogP) is 2.49. The summed E-state index contributed by atoms with van der Waals surface area (Å²) in [6.07, 6.45) is 2.01. The fourth-order valence-corrected chi connectivity index (χ4v) is 2.85. The first-order valence-corrected chi connectivity index (χ1v) is 6.96. The highest BCUT2D eigenvalue weighted by atomic mass is 16.6. The quantitative estimate of drug-likeness (QED) is 0.630. The molecule has 112 valence electrons. The van der Waals surface area contributed by atoms with Gasteiger partial charge >= 0.3 is 0 Å². The number of nitro benzene ring substituents is 1. The van der Waals surface area contributed by atoms with Crippen molar-refractivity contribution < 1.29 is 14.5 Å². The molecule has 0 N–H and O–H groups in total. The van der Waals surface area contributed by atoms with Crippen LogP contribution in [0.5, 0.6) is 0 Å². The van der Waals surface area contributed by atoms with Gasteiger partial charge in [-0.25, -0.2) is 0 Å². The molecule has 1 saturated heterocycles. The van der Waals surface area contributed by atoms with E-state index in [2.05, 4.69) is 0 Å². The van der Waals surface area contributed by atoms with E-state index >= 15 is 0 Å². The topological polar surface area (TPSA) is 80.5 Å². The summed E-state index contributed by atoms with van der Waals surface area (Å²) in [6.45, 7) is 3.69. The molecule has 2 rings (SSSR count). The average Bonchev–Trinajstić information content (AvgIpc) is 2.85. The molecule has 1 unspecified atom stereocenters. The van der Waals surface area contributed by atoms with Gasteiger partial charge in [-0.3, -0.25) is 19.7 Å². The molecule has 1 aromatic rings. The minimum atomic E-state index is -0.483. The standard InChI is InChI=1S/C15H18N2O4/c1-10(18)9-12-5-4-8-16(12)15(19)13-6-3-7-14(11(13)2)17(20)21/h3,6-7,12H,4-5,8-9H2,1-2H3. The largest absolute Gasteiger partial charge is 0.335 e. The zero-order chi connectivity index (χ0) is 15.6. The van der Waals surface area contributed by atoms with Crippen LogP contribution >= 0.6 is 0 Å². The molecule has 1 amide bonds. The average molecular weight is 290 g/mol. The third-order valence-electron chi connectivity index (χ3n) is 3.89. The van der Waals surface area contributed by atoms with Crippen LogP contribution in [0.25, 0.3) is 0 Å². The highest BCUT2D eigenvalue weighted by Gasteiger charge is 2.31. The second-order valence-electron chi connectivity index (χ2n) is 5.41. The molecule has 0 aliphatic carbocycles. The molecule has 0 bridgehead atoms. The van der Waals surface area contributed by atoms with E-state index in [1.165, 1.54) is 19.1 Å². The van der Waals surface area contributed by atoms with Crippen LogP contribution in [0.2, 0.25) is 0 Å². The summed E-state index contributed by atoms with van der Waals surface area (Å²) >= 11 is 0. The van der Waals surface area contributed by atoms with Crippen LogP contribution in [0.15, 0.2) is 18.2 Å². The molecule has 0 radical (unpaired) electrons. The molecule has 0 spiro atoms. The number of carbonyl (C=O) groups is 2. The van der Waals surface area contributed by atoms with E-state index in [0.29, 0.717) is 24.1 Å². The van der Waals surface area contributed by atoms with Gasteiger partial charge in [-0.2, -0.15) is 0 Å². The molecule has 1 heterocycles. The Bertz CT molecular complexity index is 597. The van der Waals surface area contributed by atoms with Crippen molar-refractivity contribution in [3.8, 4) is 0 Å². The van der Waals surface area contributed by atoms with E-state index in [1.54, 1.807) is 17.9 Å². The van der Waals surface area contributed by atoms with Gasteiger partial charge in [0.05, 0.1) is 4.92 Å². The minimum Gasteiger partial charge on any atom is -0.335 e. The molecule has 0 aromatic heterocycles. The third kappa shape index (κ3) is 3.09. The Kier molecular flexibility index (Phi) is 4.35. The maximum absolute atomic E-state index is 12.6. The van der Waals surface area contributed by atoms with E-state index in [-0.39, 0.29) is 23.4 Å². The molecular formula is C15H18N2O4. The molecular weight excluding hydrogens is 272 g/mol. The number of benzene rings is 1. The Morgan fingerprint density at radius 2 is 2.14 bits per heavy atom. The first-order chi connectivity index (χ1) is 9.91. The van der Waals surface area contributed by atoms with Crippen LogP contribution in [0, 0.1) is 17.0 Å². The lowest BCUT2D eigenvalue weighted by atomic mass is 10.0. The predicted molar refractivity (Wildman–Crippen MR) is 77.2 cm³/mol. The summed E-state index contributed by atoms with van der Waals surface area (Å²) in [7, 11) is 0. The SMILES string of the molecule is CC(=O)CC1CCCN1C(=O)c1cccc([N+](=O)[O-])c1C. The fraction of sp³-hybridized carbons (Fsp3) is 0.467. The maximum Gasteiger partial charge on any atom is 0.273 e. The number of carbonyl (C=O) groups excluding carboxylic acids is 2. The zero-order valence-electron chi connectivity index (χ0n) is 12.2. The van der Waals surface area contributed by atoms with Crippen molar-refractivity contribution in [2.45, 2.75) is 39.2 Å². The zero-order valence-corrected chi connectivity index (χ0v) is 12.2. The number of nitrogens with zero attached hydrogens (tertiary/aromatic N) is 2. The molecule has 1 aliphatic rings. The van der Waals surface area contributed by atoms with Crippen molar-refractivity contribution in [2.24, 2.45) is 0 Å². The van der Waals surface area contributed by atoms with Crippen LogP contribution in [0.4, 0.5) is 5.69 Å². The van der Waals surface area contributed by atoms with Gasteiger partial charge in [-0.05, 0) is 32.8 Å². The summed E-state index contributed by atoms with van der Waals surface area (Å²) in [4.78, 5) is 36.1. The molecule has 0 saturated carbocycles. The number of hydrogen-bond acceptors (Lipinski definition) is 4. The van der Waals surface area contributed by atoms with Gasteiger partial charge in [0.15, 0.2) is 0 Å². The highest BCUT2D eigenvalue weighted by molar-refractivity contribution is 5.97. The molecule has 6 nitrogen and oxygen atoms in total. The number of ketones is 1. The Balaban J connectivity index is 2.29. The van der Waals surface area contributed by atoms with Gasteiger partial charge in [0.1, 0.15) is 5.78 Å². The first kappa shape index (κ1) is 15.2. The van der Waals surface area contributed by atoms with Crippen molar-refractivity contribution >= 4 is 17.4 Å². The number of rotatable bonds is 4. The third-order valence-corrected chi connectivity index (χ3v) is 3.89. The summed E-state index contributed by atoms with van der Waals surface area (Å²) in [6, 6.07) is 4.43. The normalized spacial score (nSPS) is 17.8. The summed E-state index contributed by atoms with van der Waals surface area (Å²) < 4.78 is 0. The van der Waals surface area contributed by atoms with Crippen molar-refractivity contribution in [3.63, 3.8) is 0 Å². The Morgan fingerprint density at radius 3 is 2.76 bits per heavy atom. The van der Waals surface area contributed by atoms with E-state index in [0.717, 1.165) is 12.8 Å². The van der Waals surface area contributed by atoms with E-state index in [4.69, 9.17) is 0 Å². The number of Topliss-reactive ketones (excluding diaryl/α,β-unsaturated/α-hetero) is 1. The number of nitro groups is 1. The van der Waals surface area contributed by atoms with Gasteiger partial charge in [0.25, 0.3) is 11.6 Å². The van der Waals surface area contributed by atoms with E-state index < -0.39 is 4.92 Å². The molecule has 1 aliphatic heterocycles. The fourth-order valence-electron chi connectivity index (χ4n) is 2.85. The van der Waals surface area contributed by atoms with Crippen LogP contribution in [-0.4, -0.2) is 34.1 Å². The van der Waals surface area contributed by atoms with Crippen molar-refractivity contribution in [1.29, 1.82) is 0 Å². The van der Waals surface area contributed by atoms with Crippen molar-refractivity contribution in [1.82, 2.24) is 4.90 Å². The lowest BCUT2D eigenvalue weighted by Crippen LogP contribution is -2.37. The van der Waals surface area contributed by atoms with Crippen LogP contribution in [0.1, 0.15) is 42.1 Å². The number of hydrogen-bond donors (Lipinski definition) is 0. The van der Waals surface area contributed by atoms with Crippen LogP contribution in [-0.2, 0) is 4.79 Å². The van der Waals surface area contributed by atoms with Gasteiger partial charge in [0.2, 0.25) is 0 Å². The van der Waals surface area contributed by atoms with Gasteiger partial charge in [-0.15, -0.1) is 0 Å². The molecule has 21 heavy (non-hydrogen) atoms. The molecule has 1 aromatic carbocycles. The van der Waals surface area contributed by atoms with E-state index in [1.807, 2.05) is 0 Å². The number of amides is 1. The highest BCUT2D eigenvalue weighted by Crippen LogP contribution is 2.27. The Labute approximate surface area is 122 Å². The van der Waals surface area contributed by atoms with Gasteiger partial charge < -0.3 is 4.90 Å². The van der Waals surface area contributed by atoms with Gasteiger partial charge in [-0.1, -0.05) is 6.07 Å². The molecule has 1 atom stereocenters. The second kappa shape index (κ2) is 6.03. The summed E-state index contributed by atoms with van der Waals surface area (Å²) in [5.74, 6) is -0.171. The first-order valence-electron chi connectivity index (χ1n) is 6.96. The molecule has 1 fully saturated rings. The summed E-state index contributed by atoms with van der Waals surface area (Å²) in [5, 5.41) is 11.0. The maximum atomic E-state index is 12.6. The monoisotopic (exact) mass is 290 g/mol. The van der Waals surface area contributed by atoms with E-state index in [9.17, 15) is 19.7 Å². The van der Waals surface area contributed by atoms with Crippen molar-refractivity contribution in [3.05, 3.63) is 39.4 Å². The Hall–Kier alpha value is -2.24. The summed E-state index contributed by atoms with van der Waals surface area (Å²) in [5.41, 5.74) is 0.670. The number of likely N-dealkylation sites (tertiary alicyclic amines) is 1. The van der Waals surface area contributed by atoms with Crippen LogP contribution in [0.3, 0.4) is 0 Å². The lowest BCUT2D eigenvalue weighted by molar-refractivity contribution is -0.385. The van der Waals surface area contributed by atoms with Crippen molar-refractivity contribution in [2.75, 3.05) is 6.54 Å².